The van der Waals surface area contributed by atoms with E-state index in [0.717, 1.165) is 88.2 Å². The van der Waals surface area contributed by atoms with Gasteiger partial charge in [-0.15, -0.1) is 0 Å². The first-order valence-electron chi connectivity index (χ1n) is 17.2. The summed E-state index contributed by atoms with van der Waals surface area (Å²) in [6.07, 6.45) is 12.0. The van der Waals surface area contributed by atoms with E-state index < -0.39 is 11.6 Å². The molecule has 1 saturated heterocycles. The van der Waals surface area contributed by atoms with Crippen LogP contribution in [0.4, 0.5) is 0 Å². The van der Waals surface area contributed by atoms with E-state index in [1.54, 1.807) is 0 Å². The average molecular weight is 627 g/mol. The maximum atomic E-state index is 15.0. The fraction of sp³-hybridized carbons (Fsp3) is 0.875. The second-order valence-corrected chi connectivity index (χ2v) is 13.3. The Hall–Kier alpha value is -2.82. The highest BCUT2D eigenvalue weighted by atomic mass is 16.5. The molecule has 13 heteroatoms. The lowest BCUT2D eigenvalue weighted by Gasteiger charge is -2.42. The normalized spacial score (nSPS) is 32.2. The highest BCUT2D eigenvalue weighted by Gasteiger charge is 2.57. The molecule has 0 spiro atoms. The summed E-state index contributed by atoms with van der Waals surface area (Å²) < 4.78 is 18.6. The summed E-state index contributed by atoms with van der Waals surface area (Å²) in [7, 11) is 0. The van der Waals surface area contributed by atoms with Gasteiger partial charge in [0.2, 0.25) is 0 Å². The Kier molecular flexibility index (Phi) is 12.4. The van der Waals surface area contributed by atoms with E-state index in [0.29, 0.717) is 58.2 Å². The minimum absolute atomic E-state index is 0.00105. The summed E-state index contributed by atoms with van der Waals surface area (Å²) in [5.74, 6) is 1.14. The number of ether oxygens (including phenoxy) is 3. The average Bonchev–Trinajstić information content (AvgIpc) is 3.47. The molecular weight excluding hydrogens is 576 g/mol. The lowest BCUT2D eigenvalue weighted by molar-refractivity contribution is -0.144. The molecule has 5 rings (SSSR count). The summed E-state index contributed by atoms with van der Waals surface area (Å²) in [5, 5.41) is 17.1. The Morgan fingerprint density at radius 3 is 2.47 bits per heavy atom. The third-order valence-electron chi connectivity index (χ3n) is 10.6. The quantitative estimate of drug-likeness (QED) is 0.0861. The summed E-state index contributed by atoms with van der Waals surface area (Å²) in [4.78, 5) is 28.5. The summed E-state index contributed by atoms with van der Waals surface area (Å²) in [6.45, 7) is 3.43. The number of hydrogen-bond acceptors (Lipinski definition) is 8. The van der Waals surface area contributed by atoms with Crippen LogP contribution in [0.3, 0.4) is 0 Å². The van der Waals surface area contributed by atoms with Crippen molar-refractivity contribution >= 4 is 11.8 Å². The Balaban J connectivity index is 1.53. The van der Waals surface area contributed by atoms with Crippen molar-refractivity contribution in [3.05, 3.63) is 32.0 Å². The molecule has 1 amide bonds. The van der Waals surface area contributed by atoms with Gasteiger partial charge in [-0.2, -0.15) is 0 Å². The van der Waals surface area contributed by atoms with Crippen LogP contribution in [0.15, 0.2) is 26.4 Å². The number of aliphatic hydroxyl groups excluding tert-OH is 1. The van der Waals surface area contributed by atoms with Crippen LogP contribution >= 0.6 is 0 Å². The van der Waals surface area contributed by atoms with Gasteiger partial charge in [-0.3, -0.25) is 4.79 Å². The molecule has 45 heavy (non-hydrogen) atoms. The number of carbonyl (C=O) groups is 1. The fourth-order valence-electron chi connectivity index (χ4n) is 8.22. The molecule has 0 aromatic heterocycles. The van der Waals surface area contributed by atoms with Crippen LogP contribution in [-0.4, -0.2) is 92.2 Å². The molecule has 2 saturated carbocycles. The topological polar surface area (TPSA) is 178 Å². The third kappa shape index (κ3) is 8.13. The van der Waals surface area contributed by atoms with Gasteiger partial charge in [-0.25, -0.2) is 4.99 Å². The van der Waals surface area contributed by atoms with Crippen molar-refractivity contribution in [2.75, 3.05) is 52.6 Å². The van der Waals surface area contributed by atoms with E-state index in [4.69, 9.17) is 29.8 Å². The van der Waals surface area contributed by atoms with Gasteiger partial charge >= 0.3 is 0 Å². The molecular formula is C32H50N8O5. The smallest absolute Gasteiger partial charge is 0.255 e. The number of aliphatic hydroxyl groups is 1. The molecule has 2 unspecified atom stereocenters. The van der Waals surface area contributed by atoms with Crippen molar-refractivity contribution in [3.8, 4) is 0 Å². The first-order chi connectivity index (χ1) is 22.1. The highest BCUT2D eigenvalue weighted by molar-refractivity contribution is 5.95. The van der Waals surface area contributed by atoms with Gasteiger partial charge in [0.25, 0.3) is 5.91 Å². The predicted octanol–water partition coefficient (Wildman–Crippen LogP) is 6.03. The van der Waals surface area contributed by atoms with Gasteiger partial charge in [-0.05, 0) is 92.7 Å². The maximum absolute atomic E-state index is 15.0. The zero-order chi connectivity index (χ0) is 31.5. The number of azide groups is 2. The van der Waals surface area contributed by atoms with Crippen LogP contribution < -0.4 is 0 Å². The Morgan fingerprint density at radius 1 is 1.00 bits per heavy atom. The Bertz CT molecular complexity index is 1170. The standard InChI is InChI=1S/C32H50N8O5/c33-38-35-21-25-7-2-1-6-24(25)20-32(31(42)40-14-18-43-19-15-40)29(28-9-4-3-8-26(28)22-36-39-34)45-30(37-32)23-10-12-27(13-11-23)44-17-5-16-41/h23-25,27,29,41H,1-22H2/t23?,24?,25?,27?,29-,32-/m1/s1. The molecule has 248 valence electrons. The summed E-state index contributed by atoms with van der Waals surface area (Å²) >= 11 is 0. The van der Waals surface area contributed by atoms with E-state index in [9.17, 15) is 10.3 Å². The zero-order valence-corrected chi connectivity index (χ0v) is 26.6. The Morgan fingerprint density at radius 2 is 1.73 bits per heavy atom. The van der Waals surface area contributed by atoms with Crippen LogP contribution in [0.1, 0.15) is 89.9 Å². The lowest BCUT2D eigenvalue weighted by Crippen LogP contribution is -2.58. The van der Waals surface area contributed by atoms with Crippen LogP contribution in [0.2, 0.25) is 0 Å². The summed E-state index contributed by atoms with van der Waals surface area (Å²) in [5.41, 5.74) is 19.3. The number of amides is 1. The van der Waals surface area contributed by atoms with Crippen LogP contribution in [0.5, 0.6) is 0 Å². The SMILES string of the molecule is [N-]=[N+]=NCC1=C([C@H]2OC(C3CCC(OCCCO)CC3)=N[C@@]2(CC2CCCCC2CN=[N+]=[N-])C(=O)N2CCOCC2)CCCC1. The molecule has 5 aliphatic rings. The highest BCUT2D eigenvalue weighted by Crippen LogP contribution is 2.48. The maximum Gasteiger partial charge on any atom is 0.255 e. The molecule has 2 heterocycles. The molecule has 3 fully saturated rings. The number of carbonyl (C=O) groups excluding carboxylic acids is 1. The van der Waals surface area contributed by atoms with Crippen LogP contribution in [0.25, 0.3) is 20.9 Å². The molecule has 0 bridgehead atoms. The number of aliphatic imine (C=N–C) groups is 1. The van der Waals surface area contributed by atoms with Crippen molar-refractivity contribution in [1.29, 1.82) is 0 Å². The Labute approximate surface area is 266 Å². The van der Waals surface area contributed by atoms with E-state index in [2.05, 4.69) is 20.1 Å². The second-order valence-electron chi connectivity index (χ2n) is 13.3. The van der Waals surface area contributed by atoms with Gasteiger partial charge in [0, 0.05) is 55.1 Å². The van der Waals surface area contributed by atoms with Crippen LogP contribution in [-0.2, 0) is 19.0 Å². The number of hydrogen-bond donors (Lipinski definition) is 1. The molecule has 13 nitrogen and oxygen atoms in total. The lowest BCUT2D eigenvalue weighted by atomic mass is 9.69. The van der Waals surface area contributed by atoms with Crippen molar-refractivity contribution < 1.29 is 24.1 Å². The monoisotopic (exact) mass is 626 g/mol. The first kappa shape index (κ1) is 33.5. The molecule has 0 aromatic carbocycles. The molecule has 2 aliphatic heterocycles. The third-order valence-corrected chi connectivity index (χ3v) is 10.6. The molecule has 3 aliphatic carbocycles. The second kappa shape index (κ2) is 16.7. The van der Waals surface area contributed by atoms with E-state index in [1.807, 2.05) is 4.90 Å². The minimum atomic E-state index is -1.13. The number of nitrogens with zero attached hydrogens (tertiary/aromatic N) is 8. The number of rotatable bonds is 13. The van der Waals surface area contributed by atoms with Gasteiger partial charge in [0.1, 0.15) is 0 Å². The van der Waals surface area contributed by atoms with Crippen molar-refractivity contribution in [2.45, 2.75) is 108 Å². The molecule has 0 radical (unpaired) electrons. The molecule has 1 N–H and O–H groups in total. The molecule has 0 aromatic rings. The number of morpholine rings is 1. The molecule has 4 atom stereocenters. The van der Waals surface area contributed by atoms with Gasteiger partial charge in [-0.1, -0.05) is 41.5 Å². The van der Waals surface area contributed by atoms with Crippen molar-refractivity contribution in [3.63, 3.8) is 0 Å². The van der Waals surface area contributed by atoms with Gasteiger partial charge in [0.15, 0.2) is 17.5 Å². The first-order valence-corrected chi connectivity index (χ1v) is 17.2. The fourth-order valence-corrected chi connectivity index (χ4v) is 8.22. The zero-order valence-electron chi connectivity index (χ0n) is 26.6. The largest absolute Gasteiger partial charge is 0.470 e. The van der Waals surface area contributed by atoms with Crippen molar-refractivity contribution in [2.24, 2.45) is 33.0 Å². The minimum Gasteiger partial charge on any atom is -0.470 e. The van der Waals surface area contributed by atoms with Crippen molar-refractivity contribution in [1.82, 2.24) is 4.90 Å². The van der Waals surface area contributed by atoms with E-state index >= 15 is 0 Å². The van der Waals surface area contributed by atoms with Crippen LogP contribution in [0, 0.1) is 17.8 Å². The predicted molar refractivity (Wildman–Crippen MR) is 169 cm³/mol. The van der Waals surface area contributed by atoms with E-state index in [-0.39, 0.29) is 42.9 Å². The summed E-state index contributed by atoms with van der Waals surface area (Å²) in [6, 6.07) is 0. The van der Waals surface area contributed by atoms with E-state index in [1.165, 1.54) is 0 Å². The van der Waals surface area contributed by atoms with Gasteiger partial charge in [0.05, 0.1) is 19.3 Å². The van der Waals surface area contributed by atoms with Gasteiger partial charge < -0.3 is 24.2 Å².